The predicted octanol–water partition coefficient (Wildman–Crippen LogP) is 3.72. The van der Waals surface area contributed by atoms with E-state index in [1.54, 1.807) is 25.1 Å². The third kappa shape index (κ3) is 4.15. The van der Waals surface area contributed by atoms with E-state index in [1.165, 1.54) is 12.1 Å². The summed E-state index contributed by atoms with van der Waals surface area (Å²) in [5.74, 6) is 0. The number of benzene rings is 2. The number of sulfonamides is 1. The monoisotopic (exact) mass is 389 g/mol. The minimum Gasteiger partial charge on any atom is -0.377 e. The molecule has 0 unspecified atom stereocenters. The highest BCUT2D eigenvalue weighted by molar-refractivity contribution is 7.89. The smallest absolute Gasteiger partial charge is 0.270 e. The molecule has 2 aromatic carbocycles. The highest BCUT2D eigenvalue weighted by Crippen LogP contribution is 2.32. The van der Waals surface area contributed by atoms with Crippen LogP contribution in [0.3, 0.4) is 0 Å². The molecule has 2 aromatic rings. The Bertz CT molecular complexity index is 903. The van der Waals surface area contributed by atoms with Crippen molar-refractivity contribution in [3.8, 4) is 0 Å². The maximum Gasteiger partial charge on any atom is 0.270 e. The van der Waals surface area contributed by atoms with E-state index in [0.717, 1.165) is 6.07 Å². The Morgan fingerprint density at radius 2 is 1.88 bits per heavy atom. The molecule has 0 aromatic heterocycles. The van der Waals surface area contributed by atoms with Gasteiger partial charge < -0.3 is 5.32 Å². The second kappa shape index (κ2) is 6.94. The van der Waals surface area contributed by atoms with Gasteiger partial charge in [0, 0.05) is 22.2 Å². The van der Waals surface area contributed by atoms with Gasteiger partial charge in [0.05, 0.1) is 16.7 Å². The summed E-state index contributed by atoms with van der Waals surface area (Å²) in [4.78, 5) is 9.77. The first-order valence-electron chi connectivity index (χ1n) is 6.62. The first-order valence-corrected chi connectivity index (χ1v) is 8.92. The van der Waals surface area contributed by atoms with Crippen LogP contribution in [0.5, 0.6) is 0 Å². The molecule has 128 valence electrons. The van der Waals surface area contributed by atoms with E-state index in [0.29, 0.717) is 15.6 Å². The summed E-state index contributed by atoms with van der Waals surface area (Å²) >= 11 is 12.0. The number of nitrogens with one attached hydrogen (secondary N) is 1. The van der Waals surface area contributed by atoms with Crippen molar-refractivity contribution in [2.45, 2.75) is 17.9 Å². The standard InChI is InChI=1S/C14H13Cl2N3O4S/c1-8(11-4-2-9(15)6-12(11)16)18-13-5-3-10(19(20)21)7-14(13)24(17,22)23/h2-8,18H,1H3,(H2,17,22,23)/t8-/m0/s1. The maximum atomic E-state index is 11.7. The second-order valence-corrected chi connectivity index (χ2v) is 7.39. The highest BCUT2D eigenvalue weighted by atomic mass is 35.5. The van der Waals surface area contributed by atoms with E-state index < -0.39 is 21.0 Å². The van der Waals surface area contributed by atoms with Crippen LogP contribution in [0.2, 0.25) is 10.0 Å². The van der Waals surface area contributed by atoms with Crippen molar-refractivity contribution in [2.24, 2.45) is 5.14 Å². The molecule has 2 rings (SSSR count). The molecule has 0 radical (unpaired) electrons. The van der Waals surface area contributed by atoms with Gasteiger partial charge >= 0.3 is 0 Å². The number of primary sulfonamides is 1. The Balaban J connectivity index is 2.43. The van der Waals surface area contributed by atoms with Gasteiger partial charge in [0.25, 0.3) is 5.69 Å². The van der Waals surface area contributed by atoms with Crippen LogP contribution in [0.1, 0.15) is 18.5 Å². The zero-order valence-corrected chi connectivity index (χ0v) is 14.7. The van der Waals surface area contributed by atoms with Gasteiger partial charge in [-0.25, -0.2) is 13.6 Å². The van der Waals surface area contributed by atoms with Crippen molar-refractivity contribution in [2.75, 3.05) is 5.32 Å². The summed E-state index contributed by atoms with van der Waals surface area (Å²) in [6, 6.07) is 7.91. The van der Waals surface area contributed by atoms with Gasteiger partial charge in [-0.05, 0) is 30.7 Å². The number of nitrogens with two attached hydrogens (primary N) is 1. The first kappa shape index (κ1) is 18.5. The Hall–Kier alpha value is -1.87. The SMILES string of the molecule is C[C@H](Nc1ccc([N+](=O)[O-])cc1S(N)(=O)=O)c1ccc(Cl)cc1Cl. The van der Waals surface area contributed by atoms with Gasteiger partial charge in [0.15, 0.2) is 0 Å². The van der Waals surface area contributed by atoms with Crippen LogP contribution in [-0.2, 0) is 10.0 Å². The summed E-state index contributed by atoms with van der Waals surface area (Å²) in [5.41, 5.74) is 0.447. The first-order chi connectivity index (χ1) is 11.1. The fraction of sp³-hybridized carbons (Fsp3) is 0.143. The summed E-state index contributed by atoms with van der Waals surface area (Å²) in [5, 5.41) is 19.8. The largest absolute Gasteiger partial charge is 0.377 e. The number of hydrogen-bond donors (Lipinski definition) is 2. The average Bonchev–Trinajstić information content (AvgIpc) is 2.45. The fourth-order valence-corrected chi connectivity index (χ4v) is 3.43. The Labute approximate surface area is 148 Å². The predicted molar refractivity (Wildman–Crippen MR) is 93.0 cm³/mol. The maximum absolute atomic E-state index is 11.7. The van der Waals surface area contributed by atoms with E-state index in [4.69, 9.17) is 28.3 Å². The van der Waals surface area contributed by atoms with Crippen LogP contribution in [-0.4, -0.2) is 13.3 Å². The van der Waals surface area contributed by atoms with Crippen molar-refractivity contribution in [3.05, 3.63) is 62.1 Å². The lowest BCUT2D eigenvalue weighted by molar-refractivity contribution is -0.385. The number of rotatable bonds is 5. The Morgan fingerprint density at radius 1 is 1.21 bits per heavy atom. The van der Waals surface area contributed by atoms with Gasteiger partial charge in [-0.1, -0.05) is 29.3 Å². The van der Waals surface area contributed by atoms with Crippen LogP contribution >= 0.6 is 23.2 Å². The summed E-state index contributed by atoms with van der Waals surface area (Å²) < 4.78 is 23.5. The number of non-ortho nitro benzene ring substituents is 1. The lowest BCUT2D eigenvalue weighted by Gasteiger charge is -2.19. The quantitative estimate of drug-likeness (QED) is 0.596. The summed E-state index contributed by atoms with van der Waals surface area (Å²) in [6.07, 6.45) is 0. The minimum atomic E-state index is -4.16. The zero-order chi connectivity index (χ0) is 18.1. The molecule has 3 N–H and O–H groups in total. The van der Waals surface area contributed by atoms with Crippen molar-refractivity contribution >= 4 is 44.6 Å². The molecular weight excluding hydrogens is 377 g/mol. The van der Waals surface area contributed by atoms with Gasteiger partial charge in [0.2, 0.25) is 10.0 Å². The van der Waals surface area contributed by atoms with Crippen molar-refractivity contribution in [1.29, 1.82) is 0 Å². The number of anilines is 1. The molecule has 0 saturated carbocycles. The summed E-state index contributed by atoms with van der Waals surface area (Å²) in [7, 11) is -4.16. The molecule has 24 heavy (non-hydrogen) atoms. The fourth-order valence-electron chi connectivity index (χ4n) is 2.14. The van der Waals surface area contributed by atoms with Crippen molar-refractivity contribution < 1.29 is 13.3 Å². The molecule has 0 aliphatic heterocycles. The number of nitrogens with zero attached hydrogens (tertiary/aromatic N) is 1. The van der Waals surface area contributed by atoms with Gasteiger partial charge in [-0.15, -0.1) is 0 Å². The molecule has 1 atom stereocenters. The van der Waals surface area contributed by atoms with E-state index >= 15 is 0 Å². The Kier molecular flexibility index (Phi) is 5.34. The van der Waals surface area contributed by atoms with Crippen molar-refractivity contribution in [1.82, 2.24) is 0 Å². The molecule has 7 nitrogen and oxygen atoms in total. The molecule has 0 fully saturated rings. The van der Waals surface area contributed by atoms with Crippen LogP contribution < -0.4 is 10.5 Å². The zero-order valence-electron chi connectivity index (χ0n) is 12.4. The Morgan fingerprint density at radius 3 is 2.42 bits per heavy atom. The number of nitro groups is 1. The van der Waals surface area contributed by atoms with Gasteiger partial charge in [0.1, 0.15) is 4.90 Å². The molecule has 0 aliphatic carbocycles. The highest BCUT2D eigenvalue weighted by Gasteiger charge is 2.21. The number of halogens is 2. The molecule has 0 amide bonds. The van der Waals surface area contributed by atoms with E-state index in [1.807, 2.05) is 0 Å². The number of hydrogen-bond acceptors (Lipinski definition) is 5. The molecule has 10 heteroatoms. The molecule has 0 saturated heterocycles. The third-order valence-electron chi connectivity index (χ3n) is 3.28. The van der Waals surface area contributed by atoms with Crippen LogP contribution in [0.15, 0.2) is 41.3 Å². The number of nitro benzene ring substituents is 1. The van der Waals surface area contributed by atoms with Crippen LogP contribution in [0.4, 0.5) is 11.4 Å². The van der Waals surface area contributed by atoms with E-state index in [-0.39, 0.29) is 16.3 Å². The lowest BCUT2D eigenvalue weighted by atomic mass is 10.1. The normalized spacial score (nSPS) is 12.7. The van der Waals surface area contributed by atoms with Gasteiger partial charge in [-0.2, -0.15) is 0 Å². The average molecular weight is 390 g/mol. The third-order valence-corrected chi connectivity index (χ3v) is 4.80. The molecule has 0 bridgehead atoms. The van der Waals surface area contributed by atoms with E-state index in [2.05, 4.69) is 5.32 Å². The lowest BCUT2D eigenvalue weighted by Crippen LogP contribution is -2.17. The van der Waals surface area contributed by atoms with Crippen molar-refractivity contribution in [3.63, 3.8) is 0 Å². The van der Waals surface area contributed by atoms with Crippen LogP contribution in [0.25, 0.3) is 0 Å². The summed E-state index contributed by atoms with van der Waals surface area (Å²) in [6.45, 7) is 1.75. The molecule has 0 spiro atoms. The molecule has 0 aliphatic rings. The van der Waals surface area contributed by atoms with Crippen LogP contribution in [0, 0.1) is 10.1 Å². The minimum absolute atomic E-state index is 0.140. The van der Waals surface area contributed by atoms with E-state index in [9.17, 15) is 18.5 Å². The molecule has 0 heterocycles. The van der Waals surface area contributed by atoms with Gasteiger partial charge in [-0.3, -0.25) is 10.1 Å². The molecular formula is C14H13Cl2N3O4S. The topological polar surface area (TPSA) is 115 Å². The second-order valence-electron chi connectivity index (χ2n) is 5.01.